The van der Waals surface area contributed by atoms with E-state index in [9.17, 15) is 22.8 Å². The second kappa shape index (κ2) is 8.64. The van der Waals surface area contributed by atoms with Crippen LogP contribution in [0.15, 0.2) is 22.9 Å². The Kier molecular flexibility index (Phi) is 9.66. The Balaban J connectivity index is 0. The average molecular weight is 280 g/mol. The summed E-state index contributed by atoms with van der Waals surface area (Å²) in [4.78, 5) is 19.0. The van der Waals surface area contributed by atoms with Crippen molar-refractivity contribution in [3.63, 3.8) is 0 Å². The second-order valence-corrected chi connectivity index (χ2v) is 2.90. The molecule has 7 heteroatoms. The molecule has 0 aliphatic carbocycles. The number of alkyl halides is 3. The molecule has 0 aliphatic rings. The summed E-state index contributed by atoms with van der Waals surface area (Å²) in [6, 6.07) is 4.04. The van der Waals surface area contributed by atoms with Crippen LogP contribution in [0.2, 0.25) is 0 Å². The van der Waals surface area contributed by atoms with Crippen molar-refractivity contribution in [2.45, 2.75) is 12.6 Å². The molecule has 0 atom stereocenters. The molecule has 0 saturated carbocycles. The van der Waals surface area contributed by atoms with Crippen LogP contribution in [0.25, 0.3) is 0 Å². The van der Waals surface area contributed by atoms with E-state index in [2.05, 4.69) is 0 Å². The quantitative estimate of drug-likeness (QED) is 0.473. The Labute approximate surface area is 99.0 Å². The minimum Gasteiger partial charge on any atom is -0.303 e. The number of carbonyl (C=O) groups is 2. The van der Waals surface area contributed by atoms with Crippen molar-refractivity contribution in [2.75, 3.05) is 0 Å². The molecule has 86 valence electrons. The fraction of sp³-hybridized carbons (Fsp3) is 0.250. The van der Waals surface area contributed by atoms with Gasteiger partial charge in [0, 0.05) is 17.1 Å². The number of thiophene rings is 1. The normalized spacial score (nSPS) is 9.27. The van der Waals surface area contributed by atoms with Crippen LogP contribution in [0, 0.1) is 0 Å². The fourth-order valence-corrected chi connectivity index (χ4v) is 0.872. The molecule has 1 aromatic heterocycles. The third-order valence-corrected chi connectivity index (χ3v) is 1.64. The van der Waals surface area contributed by atoms with E-state index in [-0.39, 0.29) is 23.4 Å². The van der Waals surface area contributed by atoms with Crippen LogP contribution < -0.4 is 0 Å². The van der Waals surface area contributed by atoms with Crippen molar-refractivity contribution >= 4 is 23.4 Å². The van der Waals surface area contributed by atoms with Crippen LogP contribution in [0.3, 0.4) is 0 Å². The largest absolute Gasteiger partial charge is 0.450 e. The van der Waals surface area contributed by atoms with E-state index in [0.29, 0.717) is 0 Å². The standard InChI is InChI=1S/C4H3F3O2.C4H4S.Fe/c5-4(6,7)3(9)1-2-8;1-2-4-5-3-1;/h2H,1H2;1-4H;. The molecule has 0 N–H and O–H groups in total. The van der Waals surface area contributed by atoms with Gasteiger partial charge in [-0.05, 0) is 10.8 Å². The molecule has 0 amide bonds. The van der Waals surface area contributed by atoms with Gasteiger partial charge in [0.2, 0.25) is 5.78 Å². The molecule has 0 fully saturated rings. The van der Waals surface area contributed by atoms with Gasteiger partial charge in [-0.1, -0.05) is 12.1 Å². The van der Waals surface area contributed by atoms with E-state index in [1.807, 2.05) is 22.9 Å². The second-order valence-electron chi connectivity index (χ2n) is 2.08. The number of halogens is 3. The van der Waals surface area contributed by atoms with E-state index in [1.165, 1.54) is 0 Å². The number of Topliss-reactive ketones (excluding diaryl/α,β-unsaturated/α-hetero) is 1. The van der Waals surface area contributed by atoms with E-state index >= 15 is 0 Å². The van der Waals surface area contributed by atoms with Gasteiger partial charge < -0.3 is 4.79 Å². The zero-order chi connectivity index (χ0) is 11.0. The molecule has 0 bridgehead atoms. The number of carbonyl (C=O) groups excluding carboxylic acids is 2. The topological polar surface area (TPSA) is 34.1 Å². The maximum absolute atomic E-state index is 11.1. The zero-order valence-corrected chi connectivity index (χ0v) is 9.23. The van der Waals surface area contributed by atoms with Crippen molar-refractivity contribution < 1.29 is 39.8 Å². The summed E-state index contributed by atoms with van der Waals surface area (Å²) in [6.07, 6.45) is -6.01. The van der Waals surface area contributed by atoms with Crippen molar-refractivity contribution in [2.24, 2.45) is 0 Å². The molecule has 0 aromatic carbocycles. The van der Waals surface area contributed by atoms with Crippen LogP contribution in [0.5, 0.6) is 0 Å². The molecular formula is C8H7F3FeO2S. The molecule has 15 heavy (non-hydrogen) atoms. The van der Waals surface area contributed by atoms with Gasteiger partial charge in [0.15, 0.2) is 0 Å². The van der Waals surface area contributed by atoms with Gasteiger partial charge in [-0.25, -0.2) is 0 Å². The van der Waals surface area contributed by atoms with Gasteiger partial charge in [-0.15, -0.1) is 0 Å². The van der Waals surface area contributed by atoms with E-state index in [0.717, 1.165) is 0 Å². The average Bonchev–Trinajstić information content (AvgIpc) is 2.59. The monoisotopic (exact) mass is 280 g/mol. The van der Waals surface area contributed by atoms with Crippen LogP contribution in [0.1, 0.15) is 6.42 Å². The number of hydrogen-bond donors (Lipinski definition) is 0. The molecule has 0 unspecified atom stereocenters. The summed E-state index contributed by atoms with van der Waals surface area (Å²) in [7, 11) is 0. The maximum Gasteiger partial charge on any atom is 0.450 e. The van der Waals surface area contributed by atoms with Crippen LogP contribution in [-0.4, -0.2) is 18.2 Å². The van der Waals surface area contributed by atoms with Gasteiger partial charge in [0.05, 0.1) is 6.42 Å². The third-order valence-electron chi connectivity index (χ3n) is 1.01. The molecule has 0 saturated heterocycles. The molecule has 0 spiro atoms. The number of ketones is 1. The minimum atomic E-state index is -4.86. The van der Waals surface area contributed by atoms with Gasteiger partial charge in [0.25, 0.3) is 0 Å². The summed E-state index contributed by atoms with van der Waals surface area (Å²) in [5, 5.41) is 4.08. The Morgan fingerprint density at radius 3 is 1.87 bits per heavy atom. The number of rotatable bonds is 2. The van der Waals surface area contributed by atoms with Crippen LogP contribution >= 0.6 is 11.3 Å². The van der Waals surface area contributed by atoms with Gasteiger partial charge >= 0.3 is 6.18 Å². The zero-order valence-electron chi connectivity index (χ0n) is 7.31. The van der Waals surface area contributed by atoms with Crippen LogP contribution in [0.4, 0.5) is 13.2 Å². The first kappa shape index (κ1) is 16.8. The van der Waals surface area contributed by atoms with Crippen molar-refractivity contribution in [3.05, 3.63) is 22.9 Å². The predicted octanol–water partition coefficient (Wildman–Crippen LogP) is 2.45. The summed E-state index contributed by atoms with van der Waals surface area (Å²) in [5.74, 6) is -2.00. The van der Waals surface area contributed by atoms with Crippen molar-refractivity contribution in [1.82, 2.24) is 0 Å². The molecule has 2 nitrogen and oxygen atoms in total. The molecule has 1 rings (SSSR count). The van der Waals surface area contributed by atoms with E-state index in [4.69, 9.17) is 0 Å². The molecule has 1 aromatic rings. The Bertz CT molecular complexity index is 255. The minimum absolute atomic E-state index is 0. The van der Waals surface area contributed by atoms with E-state index < -0.39 is 18.4 Å². The maximum atomic E-state index is 11.1. The Hall–Kier alpha value is -0.651. The summed E-state index contributed by atoms with van der Waals surface area (Å²) in [5.41, 5.74) is 0. The fourth-order valence-electron chi connectivity index (χ4n) is 0.418. The predicted molar refractivity (Wildman–Crippen MR) is 46.1 cm³/mol. The Morgan fingerprint density at radius 1 is 1.27 bits per heavy atom. The molecule has 0 radical (unpaired) electrons. The molecular weight excluding hydrogens is 273 g/mol. The van der Waals surface area contributed by atoms with E-state index in [1.54, 1.807) is 11.3 Å². The van der Waals surface area contributed by atoms with Crippen molar-refractivity contribution in [1.29, 1.82) is 0 Å². The first-order valence-corrected chi connectivity index (χ1v) is 4.43. The summed E-state index contributed by atoms with van der Waals surface area (Å²) in [6.45, 7) is 0. The van der Waals surface area contributed by atoms with Crippen LogP contribution in [-0.2, 0) is 26.7 Å². The van der Waals surface area contributed by atoms with Gasteiger partial charge in [-0.3, -0.25) is 4.79 Å². The summed E-state index contributed by atoms with van der Waals surface area (Å²) >= 11 is 1.71. The van der Waals surface area contributed by atoms with Gasteiger partial charge in [0.1, 0.15) is 6.29 Å². The Morgan fingerprint density at radius 2 is 1.73 bits per heavy atom. The summed E-state index contributed by atoms with van der Waals surface area (Å²) < 4.78 is 33.4. The smallest absolute Gasteiger partial charge is 0.303 e. The van der Waals surface area contributed by atoms with Crippen molar-refractivity contribution in [3.8, 4) is 0 Å². The SMILES string of the molecule is O=CCC(=O)C(F)(F)F.[Fe].c1ccsc1. The number of aldehydes is 1. The number of hydrogen-bond acceptors (Lipinski definition) is 3. The first-order valence-electron chi connectivity index (χ1n) is 3.49. The van der Waals surface area contributed by atoms with Gasteiger partial charge in [-0.2, -0.15) is 24.5 Å². The molecule has 0 aliphatic heterocycles. The first-order chi connectivity index (χ1) is 6.48. The molecule has 1 heterocycles. The third kappa shape index (κ3) is 9.65.